The first-order chi connectivity index (χ1) is 13.1. The monoisotopic (exact) mass is 400 g/mol. The van der Waals surface area contributed by atoms with E-state index in [0.717, 1.165) is 21.2 Å². The van der Waals surface area contributed by atoms with Crippen LogP contribution in [0.4, 0.5) is 4.39 Å². The molecule has 28 heavy (non-hydrogen) atoms. The van der Waals surface area contributed by atoms with Gasteiger partial charge in [-0.3, -0.25) is 15.0 Å². The number of thiophene rings is 1. The summed E-state index contributed by atoms with van der Waals surface area (Å²) < 4.78 is 13.5. The van der Waals surface area contributed by atoms with E-state index in [-0.39, 0.29) is 11.7 Å². The van der Waals surface area contributed by atoms with Crippen molar-refractivity contribution in [2.45, 2.75) is 40.2 Å². The van der Waals surface area contributed by atoms with Crippen molar-refractivity contribution >= 4 is 33.7 Å². The summed E-state index contributed by atoms with van der Waals surface area (Å²) in [5.41, 5.74) is 4.62. The summed E-state index contributed by atoms with van der Waals surface area (Å²) in [5.74, 6) is -0.364. The van der Waals surface area contributed by atoms with Gasteiger partial charge in [0.15, 0.2) is 0 Å². The standard InChI is InChI=1S/C14H20N2O2.C8H5FS/c1-10-6-11(2)8-12(7-10)13(18)16(15-9-17)14(3,4)5;9-7-2-1-6-3-4-10-8(6)5-7/h6-9H,1-5H3,(H,15,17);1-5H. The number of rotatable bonds is 3. The van der Waals surface area contributed by atoms with E-state index >= 15 is 0 Å². The molecule has 0 aliphatic heterocycles. The van der Waals surface area contributed by atoms with E-state index in [1.807, 2.05) is 64.3 Å². The van der Waals surface area contributed by atoms with Gasteiger partial charge in [0.25, 0.3) is 5.91 Å². The van der Waals surface area contributed by atoms with Crippen molar-refractivity contribution in [2.24, 2.45) is 0 Å². The van der Waals surface area contributed by atoms with Gasteiger partial charge in [0.2, 0.25) is 6.41 Å². The second-order valence-electron chi connectivity index (χ2n) is 7.54. The third-order valence-electron chi connectivity index (χ3n) is 3.94. The highest BCUT2D eigenvalue weighted by molar-refractivity contribution is 7.17. The Morgan fingerprint density at radius 1 is 1.07 bits per heavy atom. The quantitative estimate of drug-likeness (QED) is 0.482. The highest BCUT2D eigenvalue weighted by Crippen LogP contribution is 2.21. The lowest BCUT2D eigenvalue weighted by molar-refractivity contribution is -0.114. The Labute approximate surface area is 169 Å². The number of hydrogen-bond acceptors (Lipinski definition) is 3. The van der Waals surface area contributed by atoms with Gasteiger partial charge < -0.3 is 0 Å². The summed E-state index contributed by atoms with van der Waals surface area (Å²) >= 11 is 1.56. The lowest BCUT2D eigenvalue weighted by atomic mass is 10.0. The number of nitrogens with one attached hydrogen (secondary N) is 1. The molecule has 0 spiro atoms. The molecule has 0 saturated heterocycles. The fraction of sp³-hybridized carbons (Fsp3) is 0.273. The minimum atomic E-state index is -0.477. The molecule has 0 aliphatic carbocycles. The summed E-state index contributed by atoms with van der Waals surface area (Å²) in [5, 5.41) is 4.42. The summed E-state index contributed by atoms with van der Waals surface area (Å²) in [6.07, 6.45) is 0.520. The number of hydrazine groups is 1. The first kappa shape index (κ1) is 21.6. The van der Waals surface area contributed by atoms with Crippen LogP contribution in [-0.2, 0) is 4.79 Å². The molecule has 0 radical (unpaired) electrons. The zero-order valence-corrected chi connectivity index (χ0v) is 17.6. The summed E-state index contributed by atoms with van der Waals surface area (Å²) in [6, 6.07) is 12.5. The van der Waals surface area contributed by atoms with Gasteiger partial charge >= 0.3 is 0 Å². The van der Waals surface area contributed by atoms with Crippen molar-refractivity contribution in [2.75, 3.05) is 0 Å². The Balaban J connectivity index is 0.000000233. The molecule has 0 bridgehead atoms. The maximum atomic E-state index is 12.5. The van der Waals surface area contributed by atoms with Crippen LogP contribution < -0.4 is 5.43 Å². The average molecular weight is 401 g/mol. The summed E-state index contributed by atoms with van der Waals surface area (Å²) in [6.45, 7) is 9.48. The van der Waals surface area contributed by atoms with Gasteiger partial charge in [-0.05, 0) is 75.7 Å². The highest BCUT2D eigenvalue weighted by atomic mass is 32.1. The summed E-state index contributed by atoms with van der Waals surface area (Å²) in [7, 11) is 0. The van der Waals surface area contributed by atoms with Crippen LogP contribution in [0.5, 0.6) is 0 Å². The topological polar surface area (TPSA) is 49.4 Å². The zero-order chi connectivity index (χ0) is 20.9. The van der Waals surface area contributed by atoms with Crippen LogP contribution in [0.2, 0.25) is 0 Å². The fourth-order valence-corrected chi connectivity index (χ4v) is 3.58. The Morgan fingerprint density at radius 3 is 2.29 bits per heavy atom. The van der Waals surface area contributed by atoms with E-state index in [1.54, 1.807) is 23.5 Å². The van der Waals surface area contributed by atoms with Crippen molar-refractivity contribution in [1.29, 1.82) is 0 Å². The molecule has 6 heteroatoms. The Bertz CT molecular complexity index is 956. The van der Waals surface area contributed by atoms with E-state index in [2.05, 4.69) is 5.43 Å². The van der Waals surface area contributed by atoms with Crippen LogP contribution in [0.25, 0.3) is 10.1 Å². The molecule has 0 saturated carbocycles. The van der Waals surface area contributed by atoms with Crippen molar-refractivity contribution in [3.63, 3.8) is 0 Å². The van der Waals surface area contributed by atoms with E-state index < -0.39 is 5.54 Å². The van der Waals surface area contributed by atoms with Crippen molar-refractivity contribution < 1.29 is 14.0 Å². The molecular formula is C22H25FN2O2S. The molecule has 0 atom stereocenters. The smallest absolute Gasteiger partial charge is 0.272 e. The second kappa shape index (κ2) is 8.97. The zero-order valence-electron chi connectivity index (χ0n) is 16.7. The first-order valence-electron chi connectivity index (χ1n) is 8.87. The Hall–Kier alpha value is -2.73. The van der Waals surface area contributed by atoms with E-state index in [9.17, 15) is 14.0 Å². The van der Waals surface area contributed by atoms with E-state index in [1.165, 1.54) is 11.1 Å². The number of benzene rings is 2. The molecule has 3 rings (SSSR count). The van der Waals surface area contributed by atoms with Crippen LogP contribution in [0.15, 0.2) is 47.8 Å². The van der Waals surface area contributed by atoms with Gasteiger partial charge in [-0.1, -0.05) is 23.3 Å². The number of aryl methyl sites for hydroxylation is 2. The molecule has 0 aliphatic rings. The third kappa shape index (κ3) is 5.63. The number of carbonyl (C=O) groups excluding carboxylic acids is 2. The Morgan fingerprint density at radius 2 is 1.71 bits per heavy atom. The second-order valence-corrected chi connectivity index (χ2v) is 8.49. The average Bonchev–Trinajstić information content (AvgIpc) is 3.05. The largest absolute Gasteiger partial charge is 0.277 e. The molecule has 4 nitrogen and oxygen atoms in total. The molecule has 0 unspecified atom stereocenters. The van der Waals surface area contributed by atoms with Gasteiger partial charge in [-0.15, -0.1) is 11.3 Å². The third-order valence-corrected chi connectivity index (χ3v) is 4.82. The van der Waals surface area contributed by atoms with E-state index in [4.69, 9.17) is 0 Å². The number of nitrogens with zero attached hydrogens (tertiary/aromatic N) is 1. The molecule has 0 fully saturated rings. The molecule has 1 aromatic heterocycles. The van der Waals surface area contributed by atoms with Gasteiger partial charge in [0, 0.05) is 10.3 Å². The fourth-order valence-electron chi connectivity index (χ4n) is 2.77. The number of halogens is 1. The maximum Gasteiger partial charge on any atom is 0.272 e. The SMILES string of the molecule is Cc1cc(C)cc(C(=O)N(NC=O)C(C)(C)C)c1.Fc1ccc2ccsc2c1. The lowest BCUT2D eigenvalue weighted by Crippen LogP contribution is -2.53. The minimum Gasteiger partial charge on any atom is -0.277 e. The number of carbonyl (C=O) groups is 2. The van der Waals surface area contributed by atoms with Crippen LogP contribution >= 0.6 is 11.3 Å². The van der Waals surface area contributed by atoms with Gasteiger partial charge in [-0.25, -0.2) is 9.40 Å². The van der Waals surface area contributed by atoms with Gasteiger partial charge in [-0.2, -0.15) is 0 Å². The van der Waals surface area contributed by atoms with Crippen molar-refractivity contribution in [3.05, 3.63) is 70.4 Å². The number of fused-ring (bicyclic) bond motifs is 1. The minimum absolute atomic E-state index is 0.157. The first-order valence-corrected chi connectivity index (χ1v) is 9.75. The van der Waals surface area contributed by atoms with Crippen molar-refractivity contribution in [3.8, 4) is 0 Å². The van der Waals surface area contributed by atoms with Crippen LogP contribution in [-0.4, -0.2) is 22.9 Å². The van der Waals surface area contributed by atoms with Crippen LogP contribution in [0, 0.1) is 19.7 Å². The van der Waals surface area contributed by atoms with E-state index in [0.29, 0.717) is 12.0 Å². The predicted molar refractivity (Wildman–Crippen MR) is 113 cm³/mol. The summed E-state index contributed by atoms with van der Waals surface area (Å²) in [4.78, 5) is 23.0. The number of amides is 2. The van der Waals surface area contributed by atoms with Crippen LogP contribution in [0.1, 0.15) is 42.3 Å². The molecular weight excluding hydrogens is 375 g/mol. The molecule has 2 aromatic carbocycles. The molecule has 3 aromatic rings. The van der Waals surface area contributed by atoms with Crippen LogP contribution in [0.3, 0.4) is 0 Å². The Kier molecular flexibility index (Phi) is 6.91. The normalized spacial score (nSPS) is 10.8. The predicted octanol–water partition coefficient (Wildman–Crippen LogP) is 5.25. The number of hydrogen-bond donors (Lipinski definition) is 1. The van der Waals surface area contributed by atoms with Gasteiger partial charge in [0.05, 0.1) is 5.54 Å². The molecule has 1 N–H and O–H groups in total. The van der Waals surface area contributed by atoms with Gasteiger partial charge in [0.1, 0.15) is 5.82 Å². The maximum absolute atomic E-state index is 12.5. The highest BCUT2D eigenvalue weighted by Gasteiger charge is 2.27. The lowest BCUT2D eigenvalue weighted by Gasteiger charge is -2.34. The van der Waals surface area contributed by atoms with Crippen molar-refractivity contribution in [1.82, 2.24) is 10.4 Å². The molecule has 148 valence electrons. The molecule has 1 heterocycles. The molecule has 2 amide bonds.